The van der Waals surface area contributed by atoms with E-state index in [2.05, 4.69) is 10.3 Å². The molecular formula is C16H18N4O3S. The predicted molar refractivity (Wildman–Crippen MR) is 91.3 cm³/mol. The van der Waals surface area contributed by atoms with Crippen LogP contribution in [-0.2, 0) is 0 Å². The lowest BCUT2D eigenvalue weighted by molar-refractivity contribution is 0.141. The third-order valence-electron chi connectivity index (χ3n) is 3.03. The summed E-state index contributed by atoms with van der Waals surface area (Å²) in [5.74, 6) is 0.528. The number of aliphatic hydroxyl groups excluding tert-OH is 1. The Bertz CT molecular complexity index is 739. The summed E-state index contributed by atoms with van der Waals surface area (Å²) in [5.41, 5.74) is 0.502. The molecule has 7 nitrogen and oxygen atoms in total. The first-order valence-corrected chi connectivity index (χ1v) is 8.21. The van der Waals surface area contributed by atoms with Gasteiger partial charge in [-0.1, -0.05) is 17.4 Å². The van der Waals surface area contributed by atoms with Crippen molar-refractivity contribution in [2.45, 2.75) is 20.0 Å². The van der Waals surface area contributed by atoms with Gasteiger partial charge in [-0.25, -0.2) is 9.78 Å². The number of likely N-dealkylation sites (N-methyl/N-ethyl adjacent to an activating group) is 1. The monoisotopic (exact) mass is 346 g/mol. The van der Waals surface area contributed by atoms with Gasteiger partial charge in [0.05, 0.1) is 23.9 Å². The minimum Gasteiger partial charge on any atom is -0.445 e. The molecule has 24 heavy (non-hydrogen) atoms. The Morgan fingerprint density at radius 3 is 3.04 bits per heavy atom. The lowest BCUT2D eigenvalue weighted by Gasteiger charge is -2.21. The second kappa shape index (κ2) is 8.29. The second-order valence-corrected chi connectivity index (χ2v) is 6.04. The molecule has 8 heteroatoms. The number of rotatable bonds is 6. The van der Waals surface area contributed by atoms with Crippen LogP contribution in [0.5, 0.6) is 10.8 Å². The van der Waals surface area contributed by atoms with Gasteiger partial charge < -0.3 is 14.7 Å². The van der Waals surface area contributed by atoms with Gasteiger partial charge in [0.15, 0.2) is 5.13 Å². The zero-order chi connectivity index (χ0) is 17.5. The van der Waals surface area contributed by atoms with Gasteiger partial charge in [0.1, 0.15) is 5.75 Å². The second-order valence-electron chi connectivity index (χ2n) is 5.04. The fraction of sp³-hybridized carbons (Fsp3) is 0.312. The summed E-state index contributed by atoms with van der Waals surface area (Å²) >= 11 is 1.18. The minimum atomic E-state index is -0.599. The molecule has 0 spiro atoms. The number of hydrogen-bond donors (Lipinski definition) is 2. The average Bonchev–Trinajstić information content (AvgIpc) is 2.99. The molecular weight excluding hydrogens is 328 g/mol. The molecule has 0 fully saturated rings. The van der Waals surface area contributed by atoms with E-state index in [4.69, 9.17) is 10.00 Å². The van der Waals surface area contributed by atoms with Crippen molar-refractivity contribution < 1.29 is 14.6 Å². The molecule has 1 atom stereocenters. The number of ether oxygens (including phenoxy) is 1. The standard InChI is InChI=1S/C16H18N4O3S/c1-3-20(10-11(2)21)16(22)19-15-18-9-14(24-15)23-13-6-4-5-12(7-13)8-17/h4-7,9,11,21H,3,10H2,1-2H3,(H,18,19,22)/t11-/m0/s1. The maximum atomic E-state index is 12.1. The maximum absolute atomic E-state index is 12.1. The van der Waals surface area contributed by atoms with Crippen molar-refractivity contribution in [3.63, 3.8) is 0 Å². The van der Waals surface area contributed by atoms with E-state index in [9.17, 15) is 9.90 Å². The van der Waals surface area contributed by atoms with Crippen LogP contribution >= 0.6 is 11.3 Å². The molecule has 0 radical (unpaired) electrons. The van der Waals surface area contributed by atoms with Gasteiger partial charge in [-0.2, -0.15) is 5.26 Å². The van der Waals surface area contributed by atoms with Crippen molar-refractivity contribution in [2.24, 2.45) is 0 Å². The van der Waals surface area contributed by atoms with Crippen molar-refractivity contribution in [3.05, 3.63) is 36.0 Å². The zero-order valence-electron chi connectivity index (χ0n) is 13.4. The maximum Gasteiger partial charge on any atom is 0.323 e. The molecule has 2 N–H and O–H groups in total. The van der Waals surface area contributed by atoms with Gasteiger partial charge in [0.25, 0.3) is 0 Å². The number of thiazole rings is 1. The number of nitrogens with zero attached hydrogens (tertiary/aromatic N) is 3. The molecule has 0 bridgehead atoms. The number of aromatic nitrogens is 1. The summed E-state index contributed by atoms with van der Waals surface area (Å²) in [5, 5.41) is 21.9. The zero-order valence-corrected chi connectivity index (χ0v) is 14.2. The van der Waals surface area contributed by atoms with Crippen LogP contribution in [0.25, 0.3) is 0 Å². The van der Waals surface area contributed by atoms with E-state index < -0.39 is 6.10 Å². The molecule has 126 valence electrons. The van der Waals surface area contributed by atoms with Gasteiger partial charge >= 0.3 is 6.03 Å². The Morgan fingerprint density at radius 2 is 2.38 bits per heavy atom. The van der Waals surface area contributed by atoms with Crippen molar-refractivity contribution in [1.29, 1.82) is 5.26 Å². The van der Waals surface area contributed by atoms with E-state index in [1.54, 1.807) is 31.2 Å². The van der Waals surface area contributed by atoms with Gasteiger partial charge in [-0.15, -0.1) is 0 Å². The molecule has 0 aliphatic rings. The third kappa shape index (κ3) is 4.94. The number of carbonyl (C=O) groups is 1. The minimum absolute atomic E-state index is 0.248. The van der Waals surface area contributed by atoms with Gasteiger partial charge in [0.2, 0.25) is 5.06 Å². The number of nitrogens with one attached hydrogen (secondary N) is 1. The highest BCUT2D eigenvalue weighted by Gasteiger charge is 2.15. The van der Waals surface area contributed by atoms with E-state index in [1.807, 2.05) is 13.0 Å². The fourth-order valence-electron chi connectivity index (χ4n) is 1.95. The fourth-order valence-corrected chi connectivity index (χ4v) is 2.63. The van der Waals surface area contributed by atoms with E-state index in [1.165, 1.54) is 22.4 Å². The lowest BCUT2D eigenvalue weighted by atomic mass is 10.2. The molecule has 1 aromatic carbocycles. The van der Waals surface area contributed by atoms with Crippen LogP contribution in [0.15, 0.2) is 30.5 Å². The molecule has 1 heterocycles. The van der Waals surface area contributed by atoms with Gasteiger partial charge in [0, 0.05) is 13.1 Å². The molecule has 1 aromatic heterocycles. The van der Waals surface area contributed by atoms with Crippen molar-refractivity contribution >= 4 is 22.5 Å². The molecule has 0 saturated carbocycles. The van der Waals surface area contributed by atoms with Crippen LogP contribution in [0, 0.1) is 11.3 Å². The van der Waals surface area contributed by atoms with E-state index in [0.29, 0.717) is 28.1 Å². The molecule has 2 rings (SSSR count). The number of benzene rings is 1. The van der Waals surface area contributed by atoms with Crippen LogP contribution in [0.4, 0.5) is 9.93 Å². The Hall–Kier alpha value is -2.63. The third-order valence-corrected chi connectivity index (χ3v) is 3.82. The first-order chi connectivity index (χ1) is 11.5. The number of hydrogen-bond acceptors (Lipinski definition) is 6. The normalized spacial score (nSPS) is 11.4. The van der Waals surface area contributed by atoms with Gasteiger partial charge in [-0.3, -0.25) is 5.32 Å². The van der Waals surface area contributed by atoms with Crippen LogP contribution < -0.4 is 10.1 Å². The highest BCUT2D eigenvalue weighted by atomic mass is 32.1. The number of aliphatic hydroxyl groups is 1. The lowest BCUT2D eigenvalue weighted by Crippen LogP contribution is -2.39. The Balaban J connectivity index is 2.00. The SMILES string of the molecule is CCN(C[C@H](C)O)C(=O)Nc1ncc(Oc2cccc(C#N)c2)s1. The van der Waals surface area contributed by atoms with Gasteiger partial charge in [-0.05, 0) is 32.0 Å². The van der Waals surface area contributed by atoms with Crippen LogP contribution in [0.2, 0.25) is 0 Å². The summed E-state index contributed by atoms with van der Waals surface area (Å²) in [6, 6.07) is 8.49. The Morgan fingerprint density at radius 1 is 1.58 bits per heavy atom. The highest BCUT2D eigenvalue weighted by molar-refractivity contribution is 7.17. The van der Waals surface area contributed by atoms with E-state index >= 15 is 0 Å². The number of urea groups is 1. The molecule has 2 amide bonds. The predicted octanol–water partition coefficient (Wildman–Crippen LogP) is 3.04. The summed E-state index contributed by atoms with van der Waals surface area (Å²) in [6.07, 6.45) is 0.905. The summed E-state index contributed by atoms with van der Waals surface area (Å²) in [7, 11) is 0. The Kier molecular flexibility index (Phi) is 6.12. The first-order valence-electron chi connectivity index (χ1n) is 7.39. The van der Waals surface area contributed by atoms with E-state index in [0.717, 1.165) is 0 Å². The van der Waals surface area contributed by atoms with Crippen molar-refractivity contribution in [2.75, 3.05) is 18.4 Å². The number of anilines is 1. The van der Waals surface area contributed by atoms with Crippen LogP contribution in [0.1, 0.15) is 19.4 Å². The smallest absolute Gasteiger partial charge is 0.323 e. The first kappa shape index (κ1) is 17.7. The molecule has 2 aromatic rings. The number of amides is 2. The topological polar surface area (TPSA) is 98.5 Å². The quantitative estimate of drug-likeness (QED) is 0.837. The van der Waals surface area contributed by atoms with Crippen molar-refractivity contribution in [1.82, 2.24) is 9.88 Å². The van der Waals surface area contributed by atoms with Crippen LogP contribution in [-0.4, -0.2) is 40.2 Å². The number of carbonyl (C=O) groups excluding carboxylic acids is 1. The summed E-state index contributed by atoms with van der Waals surface area (Å²) in [6.45, 7) is 4.19. The summed E-state index contributed by atoms with van der Waals surface area (Å²) < 4.78 is 5.63. The largest absolute Gasteiger partial charge is 0.445 e. The average molecular weight is 346 g/mol. The van der Waals surface area contributed by atoms with E-state index in [-0.39, 0.29) is 12.6 Å². The van der Waals surface area contributed by atoms with Crippen LogP contribution in [0.3, 0.4) is 0 Å². The molecule has 0 saturated heterocycles. The number of nitriles is 1. The molecule has 0 aliphatic carbocycles. The molecule has 0 unspecified atom stereocenters. The Labute approximate surface area is 144 Å². The molecule has 0 aliphatic heterocycles. The highest BCUT2D eigenvalue weighted by Crippen LogP contribution is 2.30. The van der Waals surface area contributed by atoms with Crippen molar-refractivity contribution in [3.8, 4) is 16.9 Å². The summed E-state index contributed by atoms with van der Waals surface area (Å²) in [4.78, 5) is 17.7.